The molecule has 0 bridgehead atoms. The summed E-state index contributed by atoms with van der Waals surface area (Å²) in [6.45, 7) is 3.41. The van der Waals surface area contributed by atoms with E-state index in [0.29, 0.717) is 38.4 Å². The van der Waals surface area contributed by atoms with Gasteiger partial charge in [0.05, 0.1) is 6.33 Å². The molecule has 3 rings (SSSR count). The Morgan fingerprint density at radius 1 is 1.31 bits per heavy atom. The lowest BCUT2D eigenvalue weighted by Gasteiger charge is -2.41. The number of amides is 2. The Morgan fingerprint density at radius 3 is 2.65 bits per heavy atom. The normalized spacial score (nSPS) is 16.5. The van der Waals surface area contributed by atoms with Crippen LogP contribution in [0.25, 0.3) is 0 Å². The molecule has 0 aliphatic carbocycles. The predicted molar refractivity (Wildman–Crippen MR) is 94.3 cm³/mol. The highest BCUT2D eigenvalue weighted by molar-refractivity contribution is 5.96. The van der Waals surface area contributed by atoms with Crippen LogP contribution in [-0.4, -0.2) is 62.3 Å². The second kappa shape index (κ2) is 7.69. The Balaban J connectivity index is 1.75. The van der Waals surface area contributed by atoms with Gasteiger partial charge in [0.15, 0.2) is 5.82 Å². The molecule has 2 aromatic heterocycles. The molecule has 2 amide bonds. The van der Waals surface area contributed by atoms with Crippen molar-refractivity contribution in [3.8, 4) is 0 Å². The molecule has 1 aliphatic rings. The maximum atomic E-state index is 13.1. The van der Waals surface area contributed by atoms with Gasteiger partial charge in [-0.2, -0.15) is 5.10 Å². The number of ether oxygens (including phenoxy) is 1. The van der Waals surface area contributed by atoms with Crippen LogP contribution < -0.4 is 5.32 Å². The number of aryl methyl sites for hydroxylation is 1. The highest BCUT2D eigenvalue weighted by Gasteiger charge is 2.44. The van der Waals surface area contributed by atoms with Gasteiger partial charge in [-0.25, -0.2) is 4.98 Å². The highest BCUT2D eigenvalue weighted by atomic mass is 16.5. The summed E-state index contributed by atoms with van der Waals surface area (Å²) in [5.74, 6) is 0.314. The first kappa shape index (κ1) is 18.1. The fourth-order valence-corrected chi connectivity index (χ4v) is 3.24. The lowest BCUT2D eigenvalue weighted by molar-refractivity contribution is -0.141. The van der Waals surface area contributed by atoms with Crippen LogP contribution in [0.4, 0.5) is 5.82 Å². The lowest BCUT2D eigenvalue weighted by atomic mass is 9.86. The van der Waals surface area contributed by atoms with E-state index in [1.807, 2.05) is 11.5 Å². The van der Waals surface area contributed by atoms with Crippen molar-refractivity contribution < 1.29 is 14.3 Å². The van der Waals surface area contributed by atoms with Crippen LogP contribution in [-0.2, 0) is 26.9 Å². The lowest BCUT2D eigenvalue weighted by Crippen LogP contribution is -2.54. The standard InChI is InChI=1S/C17H24N6O3/c1-3-26-12-15(24)22-9-5-17(6-10-22,23-11-7-18-13-23)16(25)19-14-4-8-21(2)20-14/h4,7-8,11,13H,3,5-6,9-10,12H2,1-2H3,(H,19,20,25). The molecule has 0 atom stereocenters. The molecule has 9 heteroatoms. The van der Waals surface area contributed by atoms with Gasteiger partial charge >= 0.3 is 0 Å². The van der Waals surface area contributed by atoms with Crippen molar-refractivity contribution in [3.05, 3.63) is 31.0 Å². The molecule has 2 aromatic rings. The minimum Gasteiger partial charge on any atom is -0.372 e. The number of rotatable bonds is 6. The number of imidazole rings is 1. The van der Waals surface area contributed by atoms with E-state index < -0.39 is 5.54 Å². The van der Waals surface area contributed by atoms with Crippen LogP contribution in [0.2, 0.25) is 0 Å². The molecule has 0 spiro atoms. The minimum absolute atomic E-state index is 0.0452. The second-order valence-corrected chi connectivity index (χ2v) is 6.35. The number of hydrogen-bond donors (Lipinski definition) is 1. The number of carbonyl (C=O) groups is 2. The third-order valence-corrected chi connectivity index (χ3v) is 4.75. The summed E-state index contributed by atoms with van der Waals surface area (Å²) in [6, 6.07) is 1.75. The van der Waals surface area contributed by atoms with Gasteiger partial charge in [0.2, 0.25) is 5.91 Å². The molecule has 0 saturated carbocycles. The largest absolute Gasteiger partial charge is 0.372 e. The van der Waals surface area contributed by atoms with E-state index in [9.17, 15) is 9.59 Å². The molecular formula is C17H24N6O3. The summed E-state index contributed by atoms with van der Waals surface area (Å²) in [5.41, 5.74) is -0.795. The first-order valence-corrected chi connectivity index (χ1v) is 8.70. The van der Waals surface area contributed by atoms with Crippen LogP contribution in [0.5, 0.6) is 0 Å². The molecule has 1 N–H and O–H groups in total. The van der Waals surface area contributed by atoms with Crippen molar-refractivity contribution in [2.45, 2.75) is 25.3 Å². The number of carbonyl (C=O) groups excluding carboxylic acids is 2. The van der Waals surface area contributed by atoms with E-state index >= 15 is 0 Å². The second-order valence-electron chi connectivity index (χ2n) is 6.35. The van der Waals surface area contributed by atoms with E-state index in [4.69, 9.17) is 4.74 Å². The highest BCUT2D eigenvalue weighted by Crippen LogP contribution is 2.31. The smallest absolute Gasteiger partial charge is 0.251 e. The molecule has 0 radical (unpaired) electrons. The Hall–Kier alpha value is -2.68. The number of anilines is 1. The Bertz CT molecular complexity index is 746. The van der Waals surface area contributed by atoms with Gasteiger partial charge in [-0.1, -0.05) is 0 Å². The average Bonchev–Trinajstić information content (AvgIpc) is 3.32. The zero-order valence-corrected chi connectivity index (χ0v) is 15.1. The summed E-state index contributed by atoms with van der Waals surface area (Å²) in [7, 11) is 1.80. The van der Waals surface area contributed by atoms with Crippen LogP contribution >= 0.6 is 0 Å². The first-order chi connectivity index (χ1) is 12.5. The van der Waals surface area contributed by atoms with Gasteiger partial charge in [-0.3, -0.25) is 14.3 Å². The fraction of sp³-hybridized carbons (Fsp3) is 0.529. The number of piperidine rings is 1. The van der Waals surface area contributed by atoms with Crippen molar-refractivity contribution in [2.75, 3.05) is 31.6 Å². The summed E-state index contributed by atoms with van der Waals surface area (Å²) < 4.78 is 8.67. The summed E-state index contributed by atoms with van der Waals surface area (Å²) in [4.78, 5) is 31.1. The third kappa shape index (κ3) is 3.62. The Kier molecular flexibility index (Phi) is 5.36. The van der Waals surface area contributed by atoms with E-state index in [-0.39, 0.29) is 18.4 Å². The number of likely N-dealkylation sites (tertiary alicyclic amines) is 1. The maximum absolute atomic E-state index is 13.1. The van der Waals surface area contributed by atoms with E-state index in [0.717, 1.165) is 0 Å². The average molecular weight is 360 g/mol. The van der Waals surface area contributed by atoms with Gasteiger partial charge in [-0.05, 0) is 19.8 Å². The van der Waals surface area contributed by atoms with Crippen molar-refractivity contribution in [1.82, 2.24) is 24.2 Å². The molecular weight excluding hydrogens is 336 g/mol. The van der Waals surface area contributed by atoms with Gasteiger partial charge in [0, 0.05) is 51.4 Å². The quantitative estimate of drug-likeness (QED) is 0.814. The minimum atomic E-state index is -0.795. The molecule has 26 heavy (non-hydrogen) atoms. The van der Waals surface area contributed by atoms with Gasteiger partial charge in [0.1, 0.15) is 12.1 Å². The molecule has 1 aliphatic heterocycles. The van der Waals surface area contributed by atoms with E-state index in [1.54, 1.807) is 47.6 Å². The van der Waals surface area contributed by atoms with Crippen LogP contribution in [0.1, 0.15) is 19.8 Å². The van der Waals surface area contributed by atoms with E-state index in [1.165, 1.54) is 0 Å². The van der Waals surface area contributed by atoms with Crippen LogP contribution in [0.15, 0.2) is 31.0 Å². The summed E-state index contributed by atoms with van der Waals surface area (Å²) in [5, 5.41) is 7.11. The van der Waals surface area contributed by atoms with Gasteiger partial charge < -0.3 is 19.5 Å². The van der Waals surface area contributed by atoms with Crippen molar-refractivity contribution >= 4 is 17.6 Å². The third-order valence-electron chi connectivity index (χ3n) is 4.75. The summed E-state index contributed by atoms with van der Waals surface area (Å²) in [6.07, 6.45) is 7.86. The predicted octanol–water partition coefficient (Wildman–Crippen LogP) is 0.609. The van der Waals surface area contributed by atoms with Crippen LogP contribution in [0, 0.1) is 0 Å². The molecule has 1 saturated heterocycles. The van der Waals surface area contributed by atoms with E-state index in [2.05, 4.69) is 15.4 Å². The SMILES string of the molecule is CCOCC(=O)N1CCC(C(=O)Nc2ccn(C)n2)(n2ccnc2)CC1. The maximum Gasteiger partial charge on any atom is 0.251 e. The topological polar surface area (TPSA) is 94.3 Å². The Morgan fingerprint density at radius 2 is 2.08 bits per heavy atom. The zero-order valence-electron chi connectivity index (χ0n) is 15.1. The number of nitrogens with one attached hydrogen (secondary N) is 1. The zero-order chi connectivity index (χ0) is 18.6. The van der Waals surface area contributed by atoms with Crippen LogP contribution in [0.3, 0.4) is 0 Å². The Labute approximate surface area is 151 Å². The first-order valence-electron chi connectivity index (χ1n) is 8.70. The number of aromatic nitrogens is 4. The molecule has 140 valence electrons. The molecule has 9 nitrogen and oxygen atoms in total. The van der Waals surface area contributed by atoms with Gasteiger partial charge in [0.25, 0.3) is 5.91 Å². The number of hydrogen-bond acceptors (Lipinski definition) is 5. The fourth-order valence-electron chi connectivity index (χ4n) is 3.24. The van der Waals surface area contributed by atoms with Gasteiger partial charge in [-0.15, -0.1) is 0 Å². The van der Waals surface area contributed by atoms with Crippen molar-refractivity contribution in [3.63, 3.8) is 0 Å². The molecule has 0 aromatic carbocycles. The van der Waals surface area contributed by atoms with Crippen molar-refractivity contribution in [2.24, 2.45) is 7.05 Å². The monoisotopic (exact) mass is 360 g/mol. The van der Waals surface area contributed by atoms with Crippen molar-refractivity contribution in [1.29, 1.82) is 0 Å². The molecule has 0 unspecified atom stereocenters. The number of nitrogens with zero attached hydrogens (tertiary/aromatic N) is 5. The summed E-state index contributed by atoms with van der Waals surface area (Å²) >= 11 is 0. The molecule has 3 heterocycles. The molecule has 1 fully saturated rings.